The van der Waals surface area contributed by atoms with E-state index in [2.05, 4.69) is 5.32 Å². The minimum atomic E-state index is -3.28. The number of rotatable bonds is 6. The van der Waals surface area contributed by atoms with Crippen molar-refractivity contribution in [3.63, 3.8) is 0 Å². The first-order valence-electron chi connectivity index (χ1n) is 5.21. The molecule has 0 saturated heterocycles. The molecule has 8 heteroatoms. The second kappa shape index (κ2) is 4.87. The summed E-state index contributed by atoms with van der Waals surface area (Å²) < 4.78 is 24.0. The normalized spacial score (nSPS) is 17.8. The van der Waals surface area contributed by atoms with Crippen molar-refractivity contribution in [1.29, 1.82) is 0 Å². The molecule has 3 N–H and O–H groups in total. The van der Waals surface area contributed by atoms with Gasteiger partial charge in [0.25, 0.3) is 0 Å². The fourth-order valence-electron chi connectivity index (χ4n) is 1.36. The lowest BCUT2D eigenvalue weighted by atomic mass is 10.1. The van der Waals surface area contributed by atoms with Gasteiger partial charge in [0.1, 0.15) is 0 Å². The minimum Gasteiger partial charge on any atom is -0.392 e. The maximum Gasteiger partial charge on any atom is 0.233 e. The van der Waals surface area contributed by atoms with Gasteiger partial charge in [0.2, 0.25) is 15.9 Å². The SMILES string of the molecule is CN(C)S(=O)(=O)CCNC(=O)C1(C(N)=S)CC1. The Kier molecular flexibility index (Phi) is 4.11. The Balaban J connectivity index is 2.44. The Morgan fingerprint density at radius 3 is 2.35 bits per heavy atom. The number of nitrogens with zero attached hydrogens (tertiary/aromatic N) is 1. The van der Waals surface area contributed by atoms with Gasteiger partial charge in [0, 0.05) is 20.6 Å². The van der Waals surface area contributed by atoms with Crippen LogP contribution in [0.2, 0.25) is 0 Å². The highest BCUT2D eigenvalue weighted by Gasteiger charge is 2.52. The first-order chi connectivity index (χ1) is 7.72. The molecule has 98 valence electrons. The minimum absolute atomic E-state index is 0.0731. The van der Waals surface area contributed by atoms with Crippen LogP contribution in [-0.2, 0) is 14.8 Å². The van der Waals surface area contributed by atoms with Crippen LogP contribution in [-0.4, -0.2) is 50.0 Å². The monoisotopic (exact) mass is 279 g/mol. The number of carbonyl (C=O) groups is 1. The lowest BCUT2D eigenvalue weighted by Crippen LogP contribution is -2.42. The molecule has 0 aromatic carbocycles. The van der Waals surface area contributed by atoms with Crippen LogP contribution in [0.5, 0.6) is 0 Å². The summed E-state index contributed by atoms with van der Waals surface area (Å²) >= 11 is 4.83. The Morgan fingerprint density at radius 1 is 1.47 bits per heavy atom. The molecule has 0 radical (unpaired) electrons. The number of nitrogens with two attached hydrogens (primary N) is 1. The molecule has 0 spiro atoms. The highest BCUT2D eigenvalue weighted by atomic mass is 32.2. The Morgan fingerprint density at radius 2 is 2.00 bits per heavy atom. The molecule has 0 aromatic rings. The fraction of sp³-hybridized carbons (Fsp3) is 0.778. The van der Waals surface area contributed by atoms with Crippen molar-refractivity contribution in [3.05, 3.63) is 0 Å². The van der Waals surface area contributed by atoms with E-state index >= 15 is 0 Å². The summed E-state index contributed by atoms with van der Waals surface area (Å²) in [6.45, 7) is 0.0731. The van der Waals surface area contributed by atoms with E-state index in [0.29, 0.717) is 12.8 Å². The van der Waals surface area contributed by atoms with Crippen molar-refractivity contribution in [1.82, 2.24) is 9.62 Å². The Labute approximate surface area is 107 Å². The molecule has 6 nitrogen and oxygen atoms in total. The van der Waals surface area contributed by atoms with Gasteiger partial charge in [-0.25, -0.2) is 12.7 Å². The summed E-state index contributed by atoms with van der Waals surface area (Å²) in [6.07, 6.45) is 1.29. The van der Waals surface area contributed by atoms with Crippen molar-refractivity contribution >= 4 is 33.1 Å². The van der Waals surface area contributed by atoms with Crippen LogP contribution >= 0.6 is 12.2 Å². The third kappa shape index (κ3) is 3.14. The van der Waals surface area contributed by atoms with E-state index in [1.807, 2.05) is 0 Å². The number of nitrogens with one attached hydrogen (secondary N) is 1. The van der Waals surface area contributed by atoms with Gasteiger partial charge in [-0.05, 0) is 12.8 Å². The number of sulfonamides is 1. The Bertz CT molecular complexity index is 427. The maximum absolute atomic E-state index is 11.7. The van der Waals surface area contributed by atoms with E-state index in [-0.39, 0.29) is 23.2 Å². The number of carbonyl (C=O) groups excluding carboxylic acids is 1. The van der Waals surface area contributed by atoms with Crippen LogP contribution < -0.4 is 11.1 Å². The molecule has 0 atom stereocenters. The largest absolute Gasteiger partial charge is 0.392 e. The predicted molar refractivity (Wildman–Crippen MR) is 68.9 cm³/mol. The van der Waals surface area contributed by atoms with Crippen LogP contribution in [0.1, 0.15) is 12.8 Å². The van der Waals surface area contributed by atoms with E-state index in [4.69, 9.17) is 18.0 Å². The van der Waals surface area contributed by atoms with Gasteiger partial charge in [-0.15, -0.1) is 0 Å². The van der Waals surface area contributed by atoms with Crippen LogP contribution in [0.3, 0.4) is 0 Å². The number of thiocarbonyl (C=S) groups is 1. The molecule has 0 aliphatic heterocycles. The molecule has 1 saturated carbocycles. The van der Waals surface area contributed by atoms with Crippen molar-refractivity contribution in [2.75, 3.05) is 26.4 Å². The fourth-order valence-corrected chi connectivity index (χ4v) is 2.38. The molecule has 1 aliphatic carbocycles. The molecule has 17 heavy (non-hydrogen) atoms. The van der Waals surface area contributed by atoms with E-state index < -0.39 is 15.4 Å². The molecule has 0 bridgehead atoms. The third-order valence-electron chi connectivity index (χ3n) is 2.86. The average molecular weight is 279 g/mol. The van der Waals surface area contributed by atoms with Crippen LogP contribution in [0.25, 0.3) is 0 Å². The summed E-state index contributed by atoms with van der Waals surface area (Å²) in [6, 6.07) is 0. The van der Waals surface area contributed by atoms with E-state index in [0.717, 1.165) is 4.31 Å². The van der Waals surface area contributed by atoms with Crippen molar-refractivity contribution in [3.8, 4) is 0 Å². The van der Waals surface area contributed by atoms with E-state index in [1.54, 1.807) is 0 Å². The summed E-state index contributed by atoms with van der Waals surface area (Å²) in [5.41, 5.74) is 4.76. The quantitative estimate of drug-likeness (QED) is 0.612. The number of amides is 1. The molecular weight excluding hydrogens is 262 g/mol. The average Bonchev–Trinajstić information content (AvgIpc) is 2.97. The molecule has 0 heterocycles. The molecule has 1 rings (SSSR count). The predicted octanol–water partition coefficient (Wildman–Crippen LogP) is -0.940. The lowest BCUT2D eigenvalue weighted by molar-refractivity contribution is -0.123. The molecule has 0 aromatic heterocycles. The smallest absolute Gasteiger partial charge is 0.233 e. The lowest BCUT2D eigenvalue weighted by Gasteiger charge is -2.15. The van der Waals surface area contributed by atoms with E-state index in [9.17, 15) is 13.2 Å². The van der Waals surface area contributed by atoms with Crippen LogP contribution in [0.15, 0.2) is 0 Å². The summed E-state index contributed by atoms with van der Waals surface area (Å²) in [5.74, 6) is -0.391. The van der Waals surface area contributed by atoms with Crippen LogP contribution in [0.4, 0.5) is 0 Å². The molecular formula is C9H17N3O3S2. The zero-order chi connectivity index (χ0) is 13.3. The third-order valence-corrected chi connectivity index (χ3v) is 5.08. The second-order valence-corrected chi connectivity index (χ2v) is 7.04. The van der Waals surface area contributed by atoms with Gasteiger partial charge >= 0.3 is 0 Å². The summed E-state index contributed by atoms with van der Waals surface area (Å²) in [7, 11) is -0.379. The first-order valence-corrected chi connectivity index (χ1v) is 7.22. The molecule has 1 amide bonds. The maximum atomic E-state index is 11.7. The topological polar surface area (TPSA) is 92.5 Å². The molecule has 1 fully saturated rings. The van der Waals surface area contributed by atoms with E-state index in [1.165, 1.54) is 14.1 Å². The van der Waals surface area contributed by atoms with Gasteiger partial charge < -0.3 is 11.1 Å². The van der Waals surface area contributed by atoms with Crippen molar-refractivity contribution < 1.29 is 13.2 Å². The van der Waals surface area contributed by atoms with Gasteiger partial charge in [-0.3, -0.25) is 4.79 Å². The zero-order valence-electron chi connectivity index (χ0n) is 9.89. The standard InChI is InChI=1S/C9H17N3O3S2/c1-12(2)17(14,15)6-5-11-8(13)9(3-4-9)7(10)16/h3-6H2,1-2H3,(H2,10,16)(H,11,13). The second-order valence-electron chi connectivity index (χ2n) is 4.30. The van der Waals surface area contributed by atoms with Crippen LogP contribution in [0, 0.1) is 5.41 Å². The zero-order valence-corrected chi connectivity index (χ0v) is 11.5. The van der Waals surface area contributed by atoms with Crippen molar-refractivity contribution in [2.24, 2.45) is 11.1 Å². The highest BCUT2D eigenvalue weighted by Crippen LogP contribution is 2.46. The summed E-state index contributed by atoms with van der Waals surface area (Å²) in [5, 5.41) is 2.57. The van der Waals surface area contributed by atoms with Crippen molar-refractivity contribution in [2.45, 2.75) is 12.8 Å². The Hall–Kier alpha value is -0.730. The van der Waals surface area contributed by atoms with Gasteiger partial charge in [0.05, 0.1) is 16.2 Å². The van der Waals surface area contributed by atoms with Gasteiger partial charge in [-0.2, -0.15) is 0 Å². The first kappa shape index (κ1) is 14.3. The number of hydrogen-bond donors (Lipinski definition) is 2. The number of hydrogen-bond acceptors (Lipinski definition) is 4. The highest BCUT2D eigenvalue weighted by molar-refractivity contribution is 7.89. The molecule has 0 unspecified atom stereocenters. The van der Waals surface area contributed by atoms with Gasteiger partial charge in [0.15, 0.2) is 0 Å². The van der Waals surface area contributed by atoms with Gasteiger partial charge in [-0.1, -0.05) is 12.2 Å². The molecule has 1 aliphatic rings. The summed E-state index contributed by atoms with van der Waals surface area (Å²) in [4.78, 5) is 11.9.